The smallest absolute Gasteiger partial charge is 0.357 e. The summed E-state index contributed by atoms with van der Waals surface area (Å²) in [5.41, 5.74) is 2.23. The predicted octanol–water partition coefficient (Wildman–Crippen LogP) is 4.32. The number of rotatable bonds is 9. The van der Waals surface area contributed by atoms with Crippen LogP contribution >= 0.6 is 11.3 Å². The topological polar surface area (TPSA) is 59.5 Å². The van der Waals surface area contributed by atoms with Crippen molar-refractivity contribution in [2.24, 2.45) is 0 Å². The Balaban J connectivity index is 2.09. The fourth-order valence-electron chi connectivity index (χ4n) is 2.64. The third-order valence-electron chi connectivity index (χ3n) is 4.07. The first kappa shape index (κ1) is 20.1. The van der Waals surface area contributed by atoms with Crippen molar-refractivity contribution in [1.82, 2.24) is 9.88 Å². The number of esters is 1. The van der Waals surface area contributed by atoms with Gasteiger partial charge in [-0.1, -0.05) is 32.4 Å². The Morgan fingerprint density at radius 2 is 1.88 bits per heavy atom. The molecule has 0 saturated carbocycles. The summed E-state index contributed by atoms with van der Waals surface area (Å²) in [6.45, 7) is 5.25. The maximum Gasteiger partial charge on any atom is 0.357 e. The van der Waals surface area contributed by atoms with Gasteiger partial charge in [-0.3, -0.25) is 4.79 Å². The molecule has 6 heteroatoms. The lowest BCUT2D eigenvalue weighted by atomic mass is 10.1. The maximum absolute atomic E-state index is 12.9. The largest absolute Gasteiger partial charge is 0.464 e. The van der Waals surface area contributed by atoms with Gasteiger partial charge in [-0.05, 0) is 37.0 Å². The molecule has 0 spiro atoms. The monoisotopic (exact) mass is 374 g/mol. The van der Waals surface area contributed by atoms with Crippen molar-refractivity contribution in [1.29, 1.82) is 0 Å². The summed E-state index contributed by atoms with van der Waals surface area (Å²) in [6.07, 6.45) is 4.21. The number of hydrogen-bond donors (Lipinski definition) is 0. The molecule has 26 heavy (non-hydrogen) atoms. The van der Waals surface area contributed by atoms with E-state index in [1.165, 1.54) is 24.0 Å². The summed E-state index contributed by atoms with van der Waals surface area (Å²) in [7, 11) is 1.33. The van der Waals surface area contributed by atoms with E-state index in [9.17, 15) is 9.59 Å². The minimum absolute atomic E-state index is 0.0105. The molecule has 0 saturated heterocycles. The highest BCUT2D eigenvalue weighted by Crippen LogP contribution is 2.16. The lowest BCUT2D eigenvalue weighted by molar-refractivity contribution is 0.0594. The number of thiazole rings is 1. The number of amides is 1. The van der Waals surface area contributed by atoms with Crippen LogP contribution in [0.5, 0.6) is 0 Å². The Kier molecular flexibility index (Phi) is 7.78. The van der Waals surface area contributed by atoms with Gasteiger partial charge in [-0.15, -0.1) is 11.3 Å². The van der Waals surface area contributed by atoms with E-state index < -0.39 is 5.97 Å². The van der Waals surface area contributed by atoms with Gasteiger partial charge in [0.25, 0.3) is 5.91 Å². The standard InChI is InChI=1S/C20H26N2O3S/c1-4-6-7-15-8-10-16(11-9-15)19(23)22(12-5-2)13-18-21-17(14-26-18)20(24)25-3/h8-11,14H,4-7,12-13H2,1-3H3. The third kappa shape index (κ3) is 5.39. The summed E-state index contributed by atoms with van der Waals surface area (Å²) in [5, 5.41) is 2.39. The molecule has 0 radical (unpaired) electrons. The summed E-state index contributed by atoms with van der Waals surface area (Å²) in [4.78, 5) is 30.5. The third-order valence-corrected chi connectivity index (χ3v) is 4.91. The van der Waals surface area contributed by atoms with Gasteiger partial charge in [0.15, 0.2) is 5.69 Å². The van der Waals surface area contributed by atoms with Crippen LogP contribution in [-0.2, 0) is 17.7 Å². The molecule has 5 nitrogen and oxygen atoms in total. The molecule has 140 valence electrons. The van der Waals surface area contributed by atoms with Crippen LogP contribution in [0.2, 0.25) is 0 Å². The minimum Gasteiger partial charge on any atom is -0.464 e. The molecular formula is C20H26N2O3S. The zero-order valence-corrected chi connectivity index (χ0v) is 16.5. The molecule has 2 rings (SSSR count). The van der Waals surface area contributed by atoms with Crippen LogP contribution in [0, 0.1) is 0 Å². The zero-order valence-electron chi connectivity index (χ0n) is 15.7. The number of aryl methyl sites for hydroxylation is 1. The van der Waals surface area contributed by atoms with Crippen molar-refractivity contribution in [3.05, 3.63) is 51.5 Å². The van der Waals surface area contributed by atoms with Gasteiger partial charge in [-0.2, -0.15) is 0 Å². The van der Waals surface area contributed by atoms with Crippen LogP contribution in [0.15, 0.2) is 29.6 Å². The molecule has 0 aliphatic carbocycles. The maximum atomic E-state index is 12.9. The molecule has 0 aliphatic rings. The van der Waals surface area contributed by atoms with Crippen LogP contribution < -0.4 is 0 Å². The predicted molar refractivity (Wildman–Crippen MR) is 104 cm³/mol. The molecular weight excluding hydrogens is 348 g/mol. The van der Waals surface area contributed by atoms with E-state index in [2.05, 4.69) is 16.6 Å². The highest BCUT2D eigenvalue weighted by molar-refractivity contribution is 7.09. The molecule has 0 fully saturated rings. The minimum atomic E-state index is -0.455. The number of methoxy groups -OCH3 is 1. The quantitative estimate of drug-likeness (QED) is 0.613. The van der Waals surface area contributed by atoms with Gasteiger partial charge in [0, 0.05) is 17.5 Å². The molecule has 1 aromatic heterocycles. The van der Waals surface area contributed by atoms with E-state index in [4.69, 9.17) is 0 Å². The van der Waals surface area contributed by atoms with Crippen molar-refractivity contribution in [2.45, 2.75) is 46.1 Å². The number of nitrogens with zero attached hydrogens (tertiary/aromatic N) is 2. The van der Waals surface area contributed by atoms with E-state index in [1.54, 1.807) is 10.3 Å². The SMILES string of the molecule is CCCCc1ccc(C(=O)N(CCC)Cc2nc(C(=O)OC)cs2)cc1. The highest BCUT2D eigenvalue weighted by Gasteiger charge is 2.18. The average molecular weight is 375 g/mol. The summed E-state index contributed by atoms with van der Waals surface area (Å²) < 4.78 is 4.68. The molecule has 1 amide bonds. The van der Waals surface area contributed by atoms with Crippen molar-refractivity contribution in [2.75, 3.05) is 13.7 Å². The second kappa shape index (κ2) is 10.1. The summed E-state index contributed by atoms with van der Waals surface area (Å²) >= 11 is 1.37. The molecule has 1 heterocycles. The molecule has 1 aromatic carbocycles. The zero-order chi connectivity index (χ0) is 18.9. The Labute approximate surface area is 159 Å². The number of carbonyl (C=O) groups is 2. The molecule has 2 aromatic rings. The summed E-state index contributed by atoms with van der Waals surface area (Å²) in [6, 6.07) is 7.87. The average Bonchev–Trinajstić information content (AvgIpc) is 3.14. The Morgan fingerprint density at radius 3 is 2.50 bits per heavy atom. The van der Waals surface area contributed by atoms with Crippen molar-refractivity contribution in [3.8, 4) is 0 Å². The number of unbranched alkanes of at least 4 members (excludes halogenated alkanes) is 1. The number of ether oxygens (including phenoxy) is 1. The second-order valence-electron chi connectivity index (χ2n) is 6.15. The van der Waals surface area contributed by atoms with E-state index in [0.717, 1.165) is 30.7 Å². The first-order valence-corrected chi connectivity index (χ1v) is 9.87. The highest BCUT2D eigenvalue weighted by atomic mass is 32.1. The molecule has 0 aliphatic heterocycles. The number of hydrogen-bond acceptors (Lipinski definition) is 5. The normalized spacial score (nSPS) is 10.6. The van der Waals surface area contributed by atoms with Gasteiger partial charge < -0.3 is 9.64 Å². The number of carbonyl (C=O) groups excluding carboxylic acids is 2. The van der Waals surface area contributed by atoms with Crippen LogP contribution in [0.3, 0.4) is 0 Å². The second-order valence-corrected chi connectivity index (χ2v) is 7.09. The van der Waals surface area contributed by atoms with Crippen LogP contribution in [-0.4, -0.2) is 35.4 Å². The van der Waals surface area contributed by atoms with Gasteiger partial charge >= 0.3 is 5.97 Å². The van der Waals surface area contributed by atoms with Gasteiger partial charge in [0.05, 0.1) is 13.7 Å². The number of benzene rings is 1. The molecule has 0 bridgehead atoms. The Morgan fingerprint density at radius 1 is 1.15 bits per heavy atom. The van der Waals surface area contributed by atoms with Crippen molar-refractivity contribution in [3.63, 3.8) is 0 Å². The van der Waals surface area contributed by atoms with E-state index in [1.807, 2.05) is 31.2 Å². The first-order valence-electron chi connectivity index (χ1n) is 9.00. The molecule has 0 N–H and O–H groups in total. The Bertz CT molecular complexity index is 725. The van der Waals surface area contributed by atoms with E-state index >= 15 is 0 Å². The fraction of sp³-hybridized carbons (Fsp3) is 0.450. The Hall–Kier alpha value is -2.21. The summed E-state index contributed by atoms with van der Waals surface area (Å²) in [5.74, 6) is -0.466. The lowest BCUT2D eigenvalue weighted by Crippen LogP contribution is -2.31. The van der Waals surface area contributed by atoms with Crippen molar-refractivity contribution >= 4 is 23.2 Å². The van der Waals surface area contributed by atoms with E-state index in [-0.39, 0.29) is 11.6 Å². The van der Waals surface area contributed by atoms with Crippen LogP contribution in [0.4, 0.5) is 0 Å². The molecule has 0 unspecified atom stereocenters. The first-order chi connectivity index (χ1) is 12.6. The number of aromatic nitrogens is 1. The van der Waals surface area contributed by atoms with Crippen LogP contribution in [0.25, 0.3) is 0 Å². The van der Waals surface area contributed by atoms with E-state index in [0.29, 0.717) is 18.7 Å². The van der Waals surface area contributed by atoms with Gasteiger partial charge in [0.2, 0.25) is 0 Å². The van der Waals surface area contributed by atoms with Gasteiger partial charge in [0.1, 0.15) is 5.01 Å². The molecule has 0 atom stereocenters. The van der Waals surface area contributed by atoms with Crippen LogP contribution in [0.1, 0.15) is 64.5 Å². The fourth-order valence-corrected chi connectivity index (χ4v) is 3.42. The van der Waals surface area contributed by atoms with Gasteiger partial charge in [-0.25, -0.2) is 9.78 Å². The van der Waals surface area contributed by atoms with Crippen molar-refractivity contribution < 1.29 is 14.3 Å². The lowest BCUT2D eigenvalue weighted by Gasteiger charge is -2.21.